The fourth-order valence-electron chi connectivity index (χ4n) is 3.24. The van der Waals surface area contributed by atoms with Gasteiger partial charge in [0.15, 0.2) is 5.69 Å². The van der Waals surface area contributed by atoms with Crippen molar-refractivity contribution in [3.63, 3.8) is 0 Å². The molecule has 1 aromatic carbocycles. The number of hydrogen-bond acceptors (Lipinski definition) is 3. The number of hydrogen-bond donors (Lipinski definition) is 2. The van der Waals surface area contributed by atoms with Crippen LogP contribution in [0.1, 0.15) is 54.9 Å². The van der Waals surface area contributed by atoms with Gasteiger partial charge in [-0.3, -0.25) is 4.79 Å². The van der Waals surface area contributed by atoms with Gasteiger partial charge in [-0.05, 0) is 44.2 Å². The van der Waals surface area contributed by atoms with E-state index >= 15 is 0 Å². The molecule has 3 rings (SSSR count). The Labute approximate surface area is 155 Å². The van der Waals surface area contributed by atoms with Crippen LogP contribution in [0.25, 0.3) is 5.69 Å². The number of nitrogens with two attached hydrogens (primary N) is 1. The molecule has 0 aliphatic heterocycles. The van der Waals surface area contributed by atoms with E-state index in [1.54, 1.807) is 0 Å². The van der Waals surface area contributed by atoms with Crippen molar-refractivity contribution in [3.05, 3.63) is 47.3 Å². The largest absolute Gasteiger partial charge is 0.349 e. The molecule has 6 heteroatoms. The molecule has 136 valence electrons. The first-order valence-electron chi connectivity index (χ1n) is 8.81. The molecular weight excluding hydrogens is 336 g/mol. The zero-order chi connectivity index (χ0) is 17.2. The minimum Gasteiger partial charge on any atom is -0.349 e. The molecular formula is C19H27ClN4O. The van der Waals surface area contributed by atoms with Crippen LogP contribution in [0.5, 0.6) is 0 Å². The summed E-state index contributed by atoms with van der Waals surface area (Å²) < 4.78 is 1.92. The predicted molar refractivity (Wildman–Crippen MR) is 103 cm³/mol. The molecule has 0 spiro atoms. The minimum absolute atomic E-state index is 0. The Balaban J connectivity index is 0.00000225. The second-order valence-corrected chi connectivity index (χ2v) is 6.63. The van der Waals surface area contributed by atoms with E-state index in [0.717, 1.165) is 49.0 Å². The van der Waals surface area contributed by atoms with Crippen molar-refractivity contribution in [2.24, 2.45) is 5.73 Å². The van der Waals surface area contributed by atoms with Crippen LogP contribution in [0.2, 0.25) is 0 Å². The number of carbonyl (C=O) groups excluding carboxylic acids is 1. The topological polar surface area (TPSA) is 72.9 Å². The number of benzene rings is 1. The molecule has 1 amide bonds. The molecule has 1 aromatic heterocycles. The zero-order valence-electron chi connectivity index (χ0n) is 14.9. The fraction of sp³-hybridized carbons (Fsp3) is 0.474. The van der Waals surface area contributed by atoms with E-state index in [0.29, 0.717) is 12.2 Å². The van der Waals surface area contributed by atoms with E-state index in [2.05, 4.69) is 24.3 Å². The summed E-state index contributed by atoms with van der Waals surface area (Å²) in [6, 6.07) is 10.0. The number of rotatable bonds is 6. The van der Waals surface area contributed by atoms with Gasteiger partial charge in [0.2, 0.25) is 0 Å². The van der Waals surface area contributed by atoms with Gasteiger partial charge in [-0.2, -0.15) is 5.10 Å². The summed E-state index contributed by atoms with van der Waals surface area (Å²) in [5.41, 5.74) is 9.76. The number of para-hydroxylation sites is 1. The van der Waals surface area contributed by atoms with Crippen LogP contribution in [0.4, 0.5) is 0 Å². The third kappa shape index (κ3) is 3.88. The summed E-state index contributed by atoms with van der Waals surface area (Å²) in [5, 5.41) is 7.61. The highest BCUT2D eigenvalue weighted by Gasteiger charge is 2.28. The second-order valence-electron chi connectivity index (χ2n) is 6.63. The van der Waals surface area contributed by atoms with Gasteiger partial charge in [-0.25, -0.2) is 4.68 Å². The van der Waals surface area contributed by atoms with Gasteiger partial charge < -0.3 is 11.1 Å². The maximum atomic E-state index is 12.7. The van der Waals surface area contributed by atoms with Crippen molar-refractivity contribution in [1.29, 1.82) is 0 Å². The zero-order valence-corrected chi connectivity index (χ0v) is 15.7. The van der Waals surface area contributed by atoms with Crippen molar-refractivity contribution in [2.45, 2.75) is 51.5 Å². The van der Waals surface area contributed by atoms with Crippen LogP contribution in [-0.2, 0) is 12.8 Å². The molecule has 0 saturated heterocycles. The summed E-state index contributed by atoms with van der Waals surface area (Å²) in [4.78, 5) is 12.7. The van der Waals surface area contributed by atoms with Gasteiger partial charge in [0, 0.05) is 23.3 Å². The van der Waals surface area contributed by atoms with Crippen LogP contribution in [0, 0.1) is 0 Å². The molecule has 2 aromatic rings. The third-order valence-corrected chi connectivity index (χ3v) is 5.16. The van der Waals surface area contributed by atoms with Gasteiger partial charge in [-0.15, -0.1) is 12.4 Å². The number of nitrogens with one attached hydrogen (secondary N) is 1. The molecule has 0 unspecified atom stereocenters. The quantitative estimate of drug-likeness (QED) is 0.829. The minimum atomic E-state index is -0.346. The summed E-state index contributed by atoms with van der Waals surface area (Å²) in [6.45, 7) is 4.58. The van der Waals surface area contributed by atoms with Gasteiger partial charge in [0.1, 0.15) is 0 Å². The number of nitrogens with zero attached hydrogens (tertiary/aromatic N) is 2. The highest BCUT2D eigenvalue weighted by atomic mass is 35.5. The lowest BCUT2D eigenvalue weighted by Gasteiger charge is -2.26. The Bertz CT molecular complexity index is 723. The van der Waals surface area contributed by atoms with E-state index in [1.165, 1.54) is 0 Å². The highest BCUT2D eigenvalue weighted by Crippen LogP contribution is 2.27. The van der Waals surface area contributed by atoms with E-state index in [1.807, 2.05) is 35.0 Å². The molecule has 3 N–H and O–H groups in total. The molecule has 0 bridgehead atoms. The molecule has 0 radical (unpaired) electrons. The summed E-state index contributed by atoms with van der Waals surface area (Å²) in [7, 11) is 0. The Morgan fingerprint density at radius 2 is 1.92 bits per heavy atom. The molecule has 1 aliphatic rings. The fourth-order valence-corrected chi connectivity index (χ4v) is 3.24. The number of halogens is 1. The molecule has 1 aliphatic carbocycles. The van der Waals surface area contributed by atoms with E-state index < -0.39 is 0 Å². The number of carbonyl (C=O) groups is 1. The van der Waals surface area contributed by atoms with E-state index in [-0.39, 0.29) is 23.9 Å². The first-order valence-corrected chi connectivity index (χ1v) is 8.81. The first-order chi connectivity index (χ1) is 11.6. The van der Waals surface area contributed by atoms with Crippen LogP contribution in [0.3, 0.4) is 0 Å². The molecule has 0 saturated carbocycles. The third-order valence-electron chi connectivity index (χ3n) is 5.16. The second kappa shape index (κ2) is 8.02. The van der Waals surface area contributed by atoms with Crippen LogP contribution in [-0.4, -0.2) is 27.8 Å². The van der Waals surface area contributed by atoms with Gasteiger partial charge in [0.05, 0.1) is 5.69 Å². The van der Waals surface area contributed by atoms with Crippen LogP contribution >= 0.6 is 12.4 Å². The number of amides is 1. The van der Waals surface area contributed by atoms with Gasteiger partial charge in [-0.1, -0.05) is 32.0 Å². The average Bonchev–Trinajstić information content (AvgIpc) is 3.22. The lowest BCUT2D eigenvalue weighted by molar-refractivity contribution is 0.0936. The van der Waals surface area contributed by atoms with Crippen LogP contribution in [0.15, 0.2) is 30.3 Å². The normalized spacial score (nSPS) is 13.2. The molecule has 25 heavy (non-hydrogen) atoms. The lowest BCUT2D eigenvalue weighted by atomic mass is 9.94. The van der Waals surface area contributed by atoms with E-state index in [9.17, 15) is 4.79 Å². The van der Waals surface area contributed by atoms with Crippen molar-refractivity contribution in [2.75, 3.05) is 6.54 Å². The smallest absolute Gasteiger partial charge is 0.272 e. The Kier molecular flexibility index (Phi) is 6.25. The number of fused-ring (bicyclic) bond motifs is 1. The molecule has 5 nitrogen and oxygen atoms in total. The Morgan fingerprint density at radius 3 is 2.56 bits per heavy atom. The lowest BCUT2D eigenvalue weighted by Crippen LogP contribution is -2.49. The molecule has 0 fully saturated rings. The molecule has 1 heterocycles. The first kappa shape index (κ1) is 19.5. The SMILES string of the molecule is CCC(N)(CC)CNC(=O)c1nn(-c2ccccc2)c2c1CCC2.Cl. The Hall–Kier alpha value is -1.85. The van der Waals surface area contributed by atoms with Crippen molar-refractivity contribution < 1.29 is 4.79 Å². The van der Waals surface area contributed by atoms with Crippen molar-refractivity contribution in [3.8, 4) is 5.69 Å². The molecule has 0 atom stereocenters. The Morgan fingerprint density at radius 1 is 1.24 bits per heavy atom. The average molecular weight is 363 g/mol. The van der Waals surface area contributed by atoms with Gasteiger partial charge in [0.25, 0.3) is 5.91 Å². The maximum Gasteiger partial charge on any atom is 0.272 e. The summed E-state index contributed by atoms with van der Waals surface area (Å²) in [6.07, 6.45) is 4.63. The monoisotopic (exact) mass is 362 g/mol. The number of aromatic nitrogens is 2. The van der Waals surface area contributed by atoms with Crippen molar-refractivity contribution >= 4 is 18.3 Å². The predicted octanol–water partition coefficient (Wildman–Crippen LogP) is 3.03. The maximum absolute atomic E-state index is 12.7. The highest BCUT2D eigenvalue weighted by molar-refractivity contribution is 5.94. The van der Waals surface area contributed by atoms with Crippen LogP contribution < -0.4 is 11.1 Å². The summed E-state index contributed by atoms with van der Waals surface area (Å²) >= 11 is 0. The summed E-state index contributed by atoms with van der Waals surface area (Å²) in [5.74, 6) is -0.112. The van der Waals surface area contributed by atoms with Crippen molar-refractivity contribution in [1.82, 2.24) is 15.1 Å². The van der Waals surface area contributed by atoms with E-state index in [4.69, 9.17) is 5.73 Å². The standard InChI is InChI=1S/C19H26N4O.ClH/c1-3-19(20,4-2)13-21-18(24)17-15-11-8-12-16(15)23(22-17)14-9-6-5-7-10-14;/h5-7,9-10H,3-4,8,11-13,20H2,1-2H3,(H,21,24);1H. The van der Waals surface area contributed by atoms with Gasteiger partial charge >= 0.3 is 0 Å².